The van der Waals surface area contributed by atoms with Gasteiger partial charge in [-0.1, -0.05) is 25.7 Å². The van der Waals surface area contributed by atoms with E-state index in [1.54, 1.807) is 0 Å². The highest BCUT2D eigenvalue weighted by atomic mass is 16.4. The maximum absolute atomic E-state index is 12.4. The summed E-state index contributed by atoms with van der Waals surface area (Å²) in [5.41, 5.74) is 4.25. The van der Waals surface area contributed by atoms with Crippen molar-refractivity contribution in [3.05, 3.63) is 46.8 Å². The van der Waals surface area contributed by atoms with Gasteiger partial charge >= 0.3 is 5.97 Å². The normalized spacial score (nSPS) is 14.4. The first kappa shape index (κ1) is 20.1. The monoisotopic (exact) mass is 383 g/mol. The van der Waals surface area contributed by atoms with Gasteiger partial charge in [-0.05, 0) is 62.4 Å². The average molecular weight is 383 g/mol. The Morgan fingerprint density at radius 2 is 1.86 bits per heavy atom. The van der Waals surface area contributed by atoms with E-state index in [0.29, 0.717) is 12.0 Å². The van der Waals surface area contributed by atoms with Gasteiger partial charge in [0, 0.05) is 24.2 Å². The molecule has 0 unspecified atom stereocenters. The molecule has 1 fully saturated rings. The molecule has 6 nitrogen and oxygen atoms in total. The van der Waals surface area contributed by atoms with Crippen molar-refractivity contribution < 1.29 is 14.7 Å². The highest BCUT2D eigenvalue weighted by Crippen LogP contribution is 2.27. The third-order valence-electron chi connectivity index (χ3n) is 5.72. The zero-order valence-corrected chi connectivity index (χ0v) is 16.7. The van der Waals surface area contributed by atoms with Gasteiger partial charge in [0.05, 0.1) is 11.4 Å². The zero-order chi connectivity index (χ0) is 20.1. The minimum atomic E-state index is -0.810. The Bertz CT molecular complexity index is 833. The molecule has 1 aliphatic carbocycles. The van der Waals surface area contributed by atoms with Crippen molar-refractivity contribution in [2.24, 2.45) is 5.92 Å². The Morgan fingerprint density at radius 3 is 2.50 bits per heavy atom. The molecule has 0 aliphatic heterocycles. The van der Waals surface area contributed by atoms with Crippen LogP contribution in [0.2, 0.25) is 0 Å². The molecule has 1 aliphatic rings. The molecule has 1 saturated carbocycles. The molecule has 1 amide bonds. The van der Waals surface area contributed by atoms with E-state index in [-0.39, 0.29) is 12.3 Å². The number of benzene rings is 1. The SMILES string of the molecule is Cc1nn(-c2ccc(C(=O)NCCC3CCCC3)cc2)c(C)c1CCC(=O)O. The highest BCUT2D eigenvalue weighted by Gasteiger charge is 2.16. The number of amides is 1. The summed E-state index contributed by atoms with van der Waals surface area (Å²) in [7, 11) is 0. The van der Waals surface area contributed by atoms with Gasteiger partial charge in [-0.15, -0.1) is 0 Å². The number of aryl methyl sites for hydroxylation is 1. The molecule has 2 aromatic rings. The summed E-state index contributed by atoms with van der Waals surface area (Å²) in [5, 5.41) is 16.5. The van der Waals surface area contributed by atoms with Crippen LogP contribution in [-0.2, 0) is 11.2 Å². The summed E-state index contributed by atoms with van der Waals surface area (Å²) in [4.78, 5) is 23.2. The molecule has 6 heteroatoms. The molecule has 1 aromatic carbocycles. The van der Waals surface area contributed by atoms with E-state index < -0.39 is 5.97 Å². The topological polar surface area (TPSA) is 84.2 Å². The first-order valence-corrected chi connectivity index (χ1v) is 10.1. The van der Waals surface area contributed by atoms with Crippen molar-refractivity contribution in [2.45, 2.75) is 58.8 Å². The van der Waals surface area contributed by atoms with Crippen LogP contribution < -0.4 is 5.32 Å². The van der Waals surface area contributed by atoms with Gasteiger partial charge in [0.25, 0.3) is 5.91 Å². The van der Waals surface area contributed by atoms with E-state index in [1.807, 2.05) is 42.8 Å². The standard InChI is InChI=1S/C22H29N3O3/c1-15-20(11-12-21(26)27)16(2)25(24-15)19-9-7-18(8-10-19)22(28)23-14-13-17-5-3-4-6-17/h7-10,17H,3-6,11-14H2,1-2H3,(H,23,28)(H,26,27). The number of hydrogen-bond acceptors (Lipinski definition) is 3. The van der Waals surface area contributed by atoms with Crippen molar-refractivity contribution in [3.63, 3.8) is 0 Å². The van der Waals surface area contributed by atoms with Crippen molar-refractivity contribution in [1.29, 1.82) is 0 Å². The second kappa shape index (κ2) is 9.04. The molecule has 1 heterocycles. The van der Waals surface area contributed by atoms with E-state index >= 15 is 0 Å². The quantitative estimate of drug-likeness (QED) is 0.726. The fourth-order valence-corrected chi connectivity index (χ4v) is 4.07. The van der Waals surface area contributed by atoms with E-state index in [2.05, 4.69) is 10.4 Å². The third-order valence-corrected chi connectivity index (χ3v) is 5.72. The Hall–Kier alpha value is -2.63. The summed E-state index contributed by atoms with van der Waals surface area (Å²) in [6.07, 6.45) is 6.86. The van der Waals surface area contributed by atoms with E-state index in [0.717, 1.165) is 41.5 Å². The smallest absolute Gasteiger partial charge is 0.303 e. The first-order chi connectivity index (χ1) is 13.5. The van der Waals surface area contributed by atoms with Gasteiger partial charge in [-0.3, -0.25) is 9.59 Å². The van der Waals surface area contributed by atoms with Crippen molar-refractivity contribution in [3.8, 4) is 5.69 Å². The average Bonchev–Trinajstić information content (AvgIpc) is 3.28. The molecular weight excluding hydrogens is 354 g/mol. The van der Waals surface area contributed by atoms with Gasteiger partial charge in [0.2, 0.25) is 0 Å². The molecule has 2 N–H and O–H groups in total. The number of rotatable bonds is 8. The number of aromatic nitrogens is 2. The summed E-state index contributed by atoms with van der Waals surface area (Å²) in [6, 6.07) is 7.39. The number of nitrogens with zero attached hydrogens (tertiary/aromatic N) is 2. The lowest BCUT2D eigenvalue weighted by molar-refractivity contribution is -0.136. The molecule has 3 rings (SSSR count). The summed E-state index contributed by atoms with van der Waals surface area (Å²) in [5.74, 6) is -0.0843. The van der Waals surface area contributed by atoms with Crippen molar-refractivity contribution >= 4 is 11.9 Å². The maximum atomic E-state index is 12.4. The first-order valence-electron chi connectivity index (χ1n) is 10.1. The van der Waals surface area contributed by atoms with Gasteiger partial charge in [0.15, 0.2) is 0 Å². The minimum Gasteiger partial charge on any atom is -0.481 e. The Kier molecular flexibility index (Phi) is 6.49. The van der Waals surface area contributed by atoms with Crippen molar-refractivity contribution in [2.75, 3.05) is 6.54 Å². The molecule has 0 atom stereocenters. The lowest BCUT2D eigenvalue weighted by Crippen LogP contribution is -2.25. The second-order valence-electron chi connectivity index (χ2n) is 7.70. The van der Waals surface area contributed by atoms with Crippen molar-refractivity contribution in [1.82, 2.24) is 15.1 Å². The molecular formula is C22H29N3O3. The molecule has 1 aromatic heterocycles. The van der Waals surface area contributed by atoms with Crippen LogP contribution in [0.1, 0.15) is 65.8 Å². The van der Waals surface area contributed by atoms with Crippen LogP contribution in [0, 0.1) is 19.8 Å². The zero-order valence-electron chi connectivity index (χ0n) is 16.7. The van der Waals surface area contributed by atoms with Crippen LogP contribution >= 0.6 is 0 Å². The van der Waals surface area contributed by atoms with Gasteiger partial charge < -0.3 is 10.4 Å². The minimum absolute atomic E-state index is 0.0416. The number of carboxylic acids is 1. The van der Waals surface area contributed by atoms with E-state index in [1.165, 1.54) is 25.7 Å². The number of carbonyl (C=O) groups excluding carboxylic acids is 1. The lowest BCUT2D eigenvalue weighted by atomic mass is 10.0. The lowest BCUT2D eigenvalue weighted by Gasteiger charge is -2.10. The predicted molar refractivity (Wildman–Crippen MR) is 108 cm³/mol. The van der Waals surface area contributed by atoms with Gasteiger partial charge in [-0.25, -0.2) is 4.68 Å². The summed E-state index contributed by atoms with van der Waals surface area (Å²) in [6.45, 7) is 4.57. The second-order valence-corrected chi connectivity index (χ2v) is 7.70. The van der Waals surface area contributed by atoms with Crippen LogP contribution in [0.5, 0.6) is 0 Å². The van der Waals surface area contributed by atoms with Gasteiger partial charge in [0.1, 0.15) is 0 Å². The molecule has 0 radical (unpaired) electrons. The van der Waals surface area contributed by atoms with Crippen LogP contribution in [-0.4, -0.2) is 33.3 Å². The number of carbonyl (C=O) groups is 2. The molecule has 28 heavy (non-hydrogen) atoms. The Morgan fingerprint density at radius 1 is 1.18 bits per heavy atom. The fourth-order valence-electron chi connectivity index (χ4n) is 4.07. The van der Waals surface area contributed by atoms with Crippen LogP contribution in [0.4, 0.5) is 0 Å². The van der Waals surface area contributed by atoms with Gasteiger partial charge in [-0.2, -0.15) is 5.10 Å². The van der Waals surface area contributed by atoms with E-state index in [4.69, 9.17) is 5.11 Å². The number of carboxylic acid groups (broad SMARTS) is 1. The summed E-state index contributed by atoms with van der Waals surface area (Å²) >= 11 is 0. The van der Waals surface area contributed by atoms with Crippen LogP contribution in [0.15, 0.2) is 24.3 Å². The maximum Gasteiger partial charge on any atom is 0.303 e. The molecule has 0 saturated heterocycles. The molecule has 150 valence electrons. The third kappa shape index (κ3) is 4.80. The van der Waals surface area contributed by atoms with Crippen LogP contribution in [0.3, 0.4) is 0 Å². The van der Waals surface area contributed by atoms with E-state index in [9.17, 15) is 9.59 Å². The molecule has 0 spiro atoms. The fraction of sp³-hybridized carbons (Fsp3) is 0.500. The Balaban J connectivity index is 1.62. The summed E-state index contributed by atoms with van der Waals surface area (Å²) < 4.78 is 1.81. The largest absolute Gasteiger partial charge is 0.481 e. The number of aliphatic carboxylic acids is 1. The molecule has 0 bridgehead atoms. The highest BCUT2D eigenvalue weighted by molar-refractivity contribution is 5.94. The Labute approximate surface area is 166 Å². The number of hydrogen-bond donors (Lipinski definition) is 2. The predicted octanol–water partition coefficient (Wildman–Crippen LogP) is 3.82. The number of nitrogens with one attached hydrogen (secondary N) is 1. The van der Waals surface area contributed by atoms with Crippen LogP contribution in [0.25, 0.3) is 5.69 Å².